The zero-order chi connectivity index (χ0) is 25.8. The highest BCUT2D eigenvalue weighted by Gasteiger charge is 2.34. The van der Waals surface area contributed by atoms with Crippen molar-refractivity contribution in [2.45, 2.75) is 33.7 Å². The van der Waals surface area contributed by atoms with E-state index in [1.807, 2.05) is 38.1 Å². The number of carbonyl (C=O) groups excluding carboxylic acids is 1. The van der Waals surface area contributed by atoms with Crippen LogP contribution in [0.3, 0.4) is 0 Å². The Hall–Kier alpha value is -3.36. The number of rotatable bonds is 8. The summed E-state index contributed by atoms with van der Waals surface area (Å²) in [4.78, 5) is 31.9. The van der Waals surface area contributed by atoms with Gasteiger partial charge in [-0.25, -0.2) is 9.79 Å². The first kappa shape index (κ1) is 25.7. The van der Waals surface area contributed by atoms with Crippen molar-refractivity contribution in [1.82, 2.24) is 4.57 Å². The smallest absolute Gasteiger partial charge is 0.338 e. The fraction of sp³-hybridized carbons (Fsp3) is 0.296. The molecule has 2 aromatic carbocycles. The first-order valence-corrected chi connectivity index (χ1v) is 12.9. The number of nitrogens with zero attached hydrogens (tertiary/aromatic N) is 2. The molecule has 1 aliphatic heterocycles. The van der Waals surface area contributed by atoms with E-state index in [0.717, 1.165) is 5.56 Å². The molecule has 1 unspecified atom stereocenters. The molecular weight excluding hydrogens is 500 g/mol. The van der Waals surface area contributed by atoms with Crippen LogP contribution in [0.2, 0.25) is 5.02 Å². The largest absolute Gasteiger partial charge is 0.490 e. The third-order valence-electron chi connectivity index (χ3n) is 5.55. The van der Waals surface area contributed by atoms with Gasteiger partial charge in [-0.15, -0.1) is 0 Å². The minimum Gasteiger partial charge on any atom is -0.490 e. The van der Waals surface area contributed by atoms with Gasteiger partial charge in [-0.05, 0) is 69.2 Å². The molecule has 188 valence electrons. The SMILES string of the molecule is CCOC(=O)C1=C(C)N=c2sc(=Cc3cccc(Cl)c3)c(=O)n2C1c1ccc(OCC)c(OCC)c1. The lowest BCUT2D eigenvalue weighted by atomic mass is 9.95. The highest BCUT2D eigenvalue weighted by molar-refractivity contribution is 7.07. The quantitative estimate of drug-likeness (QED) is 0.410. The molecule has 2 heterocycles. The van der Waals surface area contributed by atoms with Gasteiger partial charge in [-0.2, -0.15) is 0 Å². The predicted octanol–water partition coefficient (Wildman–Crippen LogP) is 4.25. The fourth-order valence-corrected chi connectivity index (χ4v) is 5.34. The average Bonchev–Trinajstić information content (AvgIpc) is 3.14. The summed E-state index contributed by atoms with van der Waals surface area (Å²) in [5.74, 6) is 0.616. The zero-order valence-electron chi connectivity index (χ0n) is 20.5. The molecule has 36 heavy (non-hydrogen) atoms. The molecule has 0 spiro atoms. The Balaban J connectivity index is 1.95. The molecule has 0 saturated heterocycles. The van der Waals surface area contributed by atoms with Crippen molar-refractivity contribution >= 4 is 35.0 Å². The van der Waals surface area contributed by atoms with E-state index in [4.69, 9.17) is 25.8 Å². The Morgan fingerprint density at radius 1 is 1.08 bits per heavy atom. The number of carbonyl (C=O) groups is 1. The molecule has 3 aromatic rings. The summed E-state index contributed by atoms with van der Waals surface area (Å²) in [6.07, 6.45) is 1.78. The third-order valence-corrected chi connectivity index (χ3v) is 6.76. The van der Waals surface area contributed by atoms with Crippen LogP contribution >= 0.6 is 22.9 Å². The van der Waals surface area contributed by atoms with Crippen molar-refractivity contribution in [1.29, 1.82) is 0 Å². The molecule has 1 aliphatic rings. The van der Waals surface area contributed by atoms with Crippen LogP contribution in [0.4, 0.5) is 0 Å². The van der Waals surface area contributed by atoms with Gasteiger partial charge in [-0.1, -0.05) is 41.1 Å². The van der Waals surface area contributed by atoms with Gasteiger partial charge in [0.05, 0.1) is 41.7 Å². The summed E-state index contributed by atoms with van der Waals surface area (Å²) in [5, 5.41) is 0.577. The van der Waals surface area contributed by atoms with Crippen LogP contribution in [0.15, 0.2) is 63.5 Å². The molecule has 0 N–H and O–H groups in total. The lowest BCUT2D eigenvalue weighted by Crippen LogP contribution is -2.40. The Bertz CT molecular complexity index is 1510. The molecule has 7 nitrogen and oxygen atoms in total. The molecule has 4 rings (SSSR count). The minimum absolute atomic E-state index is 0.203. The molecule has 1 atom stereocenters. The van der Waals surface area contributed by atoms with Gasteiger partial charge < -0.3 is 14.2 Å². The minimum atomic E-state index is -0.739. The first-order valence-electron chi connectivity index (χ1n) is 11.7. The monoisotopic (exact) mass is 526 g/mol. The van der Waals surface area contributed by atoms with Crippen molar-refractivity contribution in [3.63, 3.8) is 0 Å². The molecule has 9 heteroatoms. The zero-order valence-corrected chi connectivity index (χ0v) is 22.1. The molecule has 0 fully saturated rings. The molecular formula is C27H27ClN2O5S. The normalized spacial score (nSPS) is 15.4. The number of fused-ring (bicyclic) bond motifs is 1. The van der Waals surface area contributed by atoms with E-state index in [9.17, 15) is 9.59 Å². The van der Waals surface area contributed by atoms with E-state index < -0.39 is 12.0 Å². The average molecular weight is 527 g/mol. The van der Waals surface area contributed by atoms with Crippen molar-refractivity contribution in [3.05, 3.63) is 89.6 Å². The van der Waals surface area contributed by atoms with Gasteiger partial charge in [0.15, 0.2) is 16.3 Å². The Labute approximate surface area is 217 Å². The number of esters is 1. The molecule has 0 radical (unpaired) electrons. The number of hydrogen-bond donors (Lipinski definition) is 0. The number of thiazole rings is 1. The maximum Gasteiger partial charge on any atom is 0.338 e. The van der Waals surface area contributed by atoms with Crippen LogP contribution in [0.1, 0.15) is 44.9 Å². The molecule has 1 aromatic heterocycles. The summed E-state index contributed by atoms with van der Waals surface area (Å²) in [7, 11) is 0. The second-order valence-electron chi connectivity index (χ2n) is 7.93. The second-order valence-corrected chi connectivity index (χ2v) is 9.38. The first-order chi connectivity index (χ1) is 17.4. The number of halogens is 1. The van der Waals surface area contributed by atoms with Gasteiger partial charge in [-0.3, -0.25) is 9.36 Å². The summed E-state index contributed by atoms with van der Waals surface area (Å²) >= 11 is 7.40. The van der Waals surface area contributed by atoms with Crippen molar-refractivity contribution < 1.29 is 19.0 Å². The van der Waals surface area contributed by atoms with Crippen LogP contribution in [-0.4, -0.2) is 30.4 Å². The number of benzene rings is 2. The Kier molecular flexibility index (Phi) is 7.96. The van der Waals surface area contributed by atoms with Crippen LogP contribution < -0.4 is 24.4 Å². The molecule has 0 aliphatic carbocycles. The maximum atomic E-state index is 13.7. The fourth-order valence-electron chi connectivity index (χ4n) is 4.09. The summed E-state index contributed by atoms with van der Waals surface area (Å²) in [5.41, 5.74) is 2.04. The van der Waals surface area contributed by atoms with Crippen LogP contribution in [0.25, 0.3) is 6.08 Å². The van der Waals surface area contributed by atoms with Gasteiger partial charge in [0, 0.05) is 5.02 Å². The van der Waals surface area contributed by atoms with Crippen LogP contribution in [-0.2, 0) is 9.53 Å². The summed E-state index contributed by atoms with van der Waals surface area (Å²) in [6.45, 7) is 8.40. The Morgan fingerprint density at radius 3 is 2.53 bits per heavy atom. The summed E-state index contributed by atoms with van der Waals surface area (Å²) in [6, 6.07) is 12.0. The number of hydrogen-bond acceptors (Lipinski definition) is 7. The molecule has 0 bridgehead atoms. The van der Waals surface area contributed by atoms with E-state index in [0.29, 0.717) is 55.9 Å². The van der Waals surface area contributed by atoms with Crippen LogP contribution in [0, 0.1) is 0 Å². The number of aromatic nitrogens is 1. The lowest BCUT2D eigenvalue weighted by Gasteiger charge is -2.25. The predicted molar refractivity (Wildman–Crippen MR) is 141 cm³/mol. The third kappa shape index (κ3) is 5.10. The van der Waals surface area contributed by atoms with E-state index >= 15 is 0 Å². The maximum absolute atomic E-state index is 13.7. The van der Waals surface area contributed by atoms with E-state index in [1.54, 1.807) is 42.7 Å². The summed E-state index contributed by atoms with van der Waals surface area (Å²) < 4.78 is 18.9. The van der Waals surface area contributed by atoms with Gasteiger partial charge in [0.1, 0.15) is 0 Å². The van der Waals surface area contributed by atoms with Gasteiger partial charge >= 0.3 is 5.97 Å². The van der Waals surface area contributed by atoms with Gasteiger partial charge in [0.25, 0.3) is 5.56 Å². The number of allylic oxidation sites excluding steroid dienone is 1. The van der Waals surface area contributed by atoms with E-state index in [1.165, 1.54) is 11.3 Å². The van der Waals surface area contributed by atoms with Crippen LogP contribution in [0.5, 0.6) is 11.5 Å². The highest BCUT2D eigenvalue weighted by Crippen LogP contribution is 2.36. The van der Waals surface area contributed by atoms with Crippen molar-refractivity contribution in [2.24, 2.45) is 4.99 Å². The molecule has 0 amide bonds. The second kappa shape index (κ2) is 11.1. The van der Waals surface area contributed by atoms with E-state index in [-0.39, 0.29) is 12.2 Å². The highest BCUT2D eigenvalue weighted by atomic mass is 35.5. The Morgan fingerprint density at radius 2 is 1.83 bits per heavy atom. The number of ether oxygens (including phenoxy) is 3. The lowest BCUT2D eigenvalue weighted by molar-refractivity contribution is -0.139. The topological polar surface area (TPSA) is 79.1 Å². The molecule has 0 saturated carbocycles. The van der Waals surface area contributed by atoms with E-state index in [2.05, 4.69) is 4.99 Å². The van der Waals surface area contributed by atoms with Crippen molar-refractivity contribution in [3.8, 4) is 11.5 Å². The van der Waals surface area contributed by atoms with Crippen molar-refractivity contribution in [2.75, 3.05) is 19.8 Å². The van der Waals surface area contributed by atoms with Gasteiger partial charge in [0.2, 0.25) is 0 Å². The standard InChI is InChI=1S/C27H27ClN2O5S/c1-5-33-20-12-11-18(15-21(20)34-6-2)24-23(26(32)35-7-3)16(4)29-27-30(24)25(31)22(36-27)14-17-9-8-10-19(28)13-17/h8-15,24H,5-7H2,1-4H3.